The van der Waals surface area contributed by atoms with Gasteiger partial charge in [-0.05, 0) is 12.7 Å². The predicted molar refractivity (Wildman–Crippen MR) is 72.4 cm³/mol. The Labute approximate surface area is 112 Å². The Bertz CT molecular complexity index is 330. The van der Waals surface area contributed by atoms with Crippen LogP contribution in [0.5, 0.6) is 0 Å². The van der Waals surface area contributed by atoms with Crippen LogP contribution in [0.4, 0.5) is 0 Å². The molecule has 1 aliphatic heterocycles. The molecule has 1 atom stereocenters. The van der Waals surface area contributed by atoms with Crippen molar-refractivity contribution in [3.05, 3.63) is 0 Å². The summed E-state index contributed by atoms with van der Waals surface area (Å²) in [4.78, 5) is 36.2. The Morgan fingerprint density at radius 1 is 1.33 bits per heavy atom. The van der Waals surface area contributed by atoms with Gasteiger partial charge in [0.05, 0.1) is 5.25 Å². The maximum Gasteiger partial charge on any atom is 0.242 e. The summed E-state index contributed by atoms with van der Waals surface area (Å²) in [6, 6.07) is 0. The number of carbonyl (C=O) groups excluding carboxylic acids is 3. The number of thioether (sulfide) groups is 1. The molecule has 0 N–H and O–H groups in total. The molecule has 102 valence electrons. The van der Waals surface area contributed by atoms with Crippen LogP contribution in [0.15, 0.2) is 0 Å². The Hall–Kier alpha value is -0.840. The second-order valence-corrected chi connectivity index (χ2v) is 5.60. The van der Waals surface area contributed by atoms with Gasteiger partial charge in [0.15, 0.2) is 0 Å². The molecule has 0 saturated carbocycles. The van der Waals surface area contributed by atoms with Gasteiger partial charge >= 0.3 is 0 Å². The fourth-order valence-electron chi connectivity index (χ4n) is 2.01. The van der Waals surface area contributed by atoms with Crippen molar-refractivity contribution in [1.29, 1.82) is 0 Å². The van der Waals surface area contributed by atoms with E-state index in [0.717, 1.165) is 19.3 Å². The fourth-order valence-corrected chi connectivity index (χ4v) is 2.64. The number of ketones is 1. The normalized spacial score (nSPS) is 19.7. The molecule has 1 heterocycles. The maximum absolute atomic E-state index is 11.8. The number of unbranched alkanes of at least 4 members (excludes halogenated alkanes) is 2. The van der Waals surface area contributed by atoms with E-state index < -0.39 is 0 Å². The van der Waals surface area contributed by atoms with Crippen molar-refractivity contribution < 1.29 is 14.4 Å². The molecule has 4 nitrogen and oxygen atoms in total. The van der Waals surface area contributed by atoms with Crippen molar-refractivity contribution in [3.63, 3.8) is 0 Å². The van der Waals surface area contributed by atoms with Crippen LogP contribution in [-0.4, -0.2) is 40.5 Å². The summed E-state index contributed by atoms with van der Waals surface area (Å²) in [6.45, 7) is 2.36. The third kappa shape index (κ3) is 4.12. The molecule has 0 aromatic rings. The van der Waals surface area contributed by atoms with Crippen LogP contribution >= 0.6 is 11.8 Å². The van der Waals surface area contributed by atoms with E-state index in [0.29, 0.717) is 12.8 Å². The number of carbonyl (C=O) groups is 3. The molecule has 1 rings (SSSR count). The molecule has 0 spiro atoms. The molecule has 0 aliphatic carbocycles. The average molecular weight is 271 g/mol. The minimum atomic E-state index is -0.243. The van der Waals surface area contributed by atoms with Crippen molar-refractivity contribution in [1.82, 2.24) is 4.90 Å². The van der Waals surface area contributed by atoms with E-state index in [1.807, 2.05) is 6.26 Å². The zero-order valence-electron chi connectivity index (χ0n) is 11.1. The smallest absolute Gasteiger partial charge is 0.242 e. The third-order valence-electron chi connectivity index (χ3n) is 3.16. The first-order valence-corrected chi connectivity index (χ1v) is 7.77. The number of imide groups is 1. The number of rotatable bonds is 8. The van der Waals surface area contributed by atoms with Crippen LogP contribution in [-0.2, 0) is 14.4 Å². The lowest BCUT2D eigenvalue weighted by atomic mass is 10.1. The third-order valence-corrected chi connectivity index (χ3v) is 4.10. The molecule has 1 saturated heterocycles. The zero-order valence-corrected chi connectivity index (χ0v) is 11.9. The number of nitrogens with zero attached hydrogens (tertiary/aromatic N) is 1. The van der Waals surface area contributed by atoms with Gasteiger partial charge in [-0.15, -0.1) is 0 Å². The number of likely N-dealkylation sites (tertiary alicyclic amines) is 1. The minimum Gasteiger partial charge on any atom is -0.300 e. The van der Waals surface area contributed by atoms with Gasteiger partial charge in [0.25, 0.3) is 0 Å². The summed E-state index contributed by atoms with van der Waals surface area (Å²) in [5.74, 6) is -0.119. The number of Topliss-reactive ketones (excluding diaryl/α,β-unsaturated/α-hetero) is 1. The van der Waals surface area contributed by atoms with Gasteiger partial charge in [0.2, 0.25) is 11.8 Å². The molecule has 0 aromatic heterocycles. The van der Waals surface area contributed by atoms with Crippen molar-refractivity contribution in [2.45, 2.75) is 50.7 Å². The monoisotopic (exact) mass is 271 g/mol. The van der Waals surface area contributed by atoms with Crippen LogP contribution in [0.1, 0.15) is 45.4 Å². The zero-order chi connectivity index (χ0) is 13.5. The lowest BCUT2D eigenvalue weighted by molar-refractivity contribution is -0.138. The Morgan fingerprint density at radius 2 is 2.06 bits per heavy atom. The molecule has 0 aromatic carbocycles. The van der Waals surface area contributed by atoms with Crippen molar-refractivity contribution in [2.24, 2.45) is 0 Å². The van der Waals surface area contributed by atoms with Gasteiger partial charge in [-0.25, -0.2) is 0 Å². The van der Waals surface area contributed by atoms with Gasteiger partial charge in [-0.2, -0.15) is 11.8 Å². The van der Waals surface area contributed by atoms with Gasteiger partial charge < -0.3 is 0 Å². The Kier molecular flexibility index (Phi) is 6.39. The molecule has 18 heavy (non-hydrogen) atoms. The van der Waals surface area contributed by atoms with Gasteiger partial charge in [0, 0.05) is 25.8 Å². The lowest BCUT2D eigenvalue weighted by Crippen LogP contribution is -2.33. The average Bonchev–Trinajstić information content (AvgIpc) is 2.62. The maximum atomic E-state index is 11.8. The van der Waals surface area contributed by atoms with E-state index in [1.54, 1.807) is 0 Å². The molecule has 5 heteroatoms. The molecule has 1 aliphatic rings. The number of hydrogen-bond donors (Lipinski definition) is 0. The SMILES string of the molecule is CCCCCC(=O)CCN1C(=O)CC(SC)C1=O. The van der Waals surface area contributed by atoms with E-state index in [4.69, 9.17) is 0 Å². The van der Waals surface area contributed by atoms with E-state index >= 15 is 0 Å². The van der Waals surface area contributed by atoms with E-state index in [-0.39, 0.29) is 35.8 Å². The number of amides is 2. The number of hydrogen-bond acceptors (Lipinski definition) is 4. The summed E-state index contributed by atoms with van der Waals surface area (Å²) >= 11 is 1.40. The topological polar surface area (TPSA) is 54.5 Å². The van der Waals surface area contributed by atoms with E-state index in [1.165, 1.54) is 16.7 Å². The highest BCUT2D eigenvalue weighted by molar-refractivity contribution is 8.00. The van der Waals surface area contributed by atoms with Crippen LogP contribution in [0, 0.1) is 0 Å². The van der Waals surface area contributed by atoms with Crippen LogP contribution < -0.4 is 0 Å². The second-order valence-electron chi connectivity index (χ2n) is 4.56. The highest BCUT2D eigenvalue weighted by atomic mass is 32.2. The van der Waals surface area contributed by atoms with Crippen molar-refractivity contribution >= 4 is 29.4 Å². The molecular weight excluding hydrogens is 250 g/mol. The summed E-state index contributed by atoms with van der Waals surface area (Å²) in [6.07, 6.45) is 6.04. The quantitative estimate of drug-likeness (QED) is 0.500. The molecule has 0 bridgehead atoms. The molecule has 1 unspecified atom stereocenters. The lowest BCUT2D eigenvalue weighted by Gasteiger charge is -2.13. The van der Waals surface area contributed by atoms with Gasteiger partial charge in [0.1, 0.15) is 5.78 Å². The van der Waals surface area contributed by atoms with Crippen molar-refractivity contribution in [3.8, 4) is 0 Å². The van der Waals surface area contributed by atoms with Crippen LogP contribution in [0.3, 0.4) is 0 Å². The molecule has 1 fully saturated rings. The van der Waals surface area contributed by atoms with Crippen LogP contribution in [0.25, 0.3) is 0 Å². The summed E-state index contributed by atoms with van der Waals surface area (Å²) < 4.78 is 0. The first-order chi connectivity index (χ1) is 8.60. The highest BCUT2D eigenvalue weighted by Crippen LogP contribution is 2.23. The van der Waals surface area contributed by atoms with Crippen LogP contribution in [0.2, 0.25) is 0 Å². The Morgan fingerprint density at radius 3 is 2.61 bits per heavy atom. The van der Waals surface area contributed by atoms with E-state index in [2.05, 4.69) is 6.92 Å². The highest BCUT2D eigenvalue weighted by Gasteiger charge is 2.37. The fraction of sp³-hybridized carbons (Fsp3) is 0.769. The summed E-state index contributed by atoms with van der Waals surface area (Å²) in [7, 11) is 0. The molecule has 2 amide bonds. The van der Waals surface area contributed by atoms with Gasteiger partial charge in [-0.1, -0.05) is 19.8 Å². The molecular formula is C13H21NO3S. The standard InChI is InChI=1S/C13H21NO3S/c1-3-4-5-6-10(15)7-8-14-12(16)9-11(18-2)13(14)17/h11H,3-9H2,1-2H3. The van der Waals surface area contributed by atoms with E-state index in [9.17, 15) is 14.4 Å². The largest absolute Gasteiger partial charge is 0.300 e. The molecule has 0 radical (unpaired) electrons. The predicted octanol–water partition coefficient (Wildman–Crippen LogP) is 2.02. The minimum absolute atomic E-state index is 0.131. The summed E-state index contributed by atoms with van der Waals surface area (Å²) in [5, 5.41) is -0.243. The van der Waals surface area contributed by atoms with Crippen molar-refractivity contribution in [2.75, 3.05) is 12.8 Å². The van der Waals surface area contributed by atoms with Gasteiger partial charge in [-0.3, -0.25) is 19.3 Å². The second kappa shape index (κ2) is 7.56. The first kappa shape index (κ1) is 15.2. The Balaban J connectivity index is 2.32. The first-order valence-electron chi connectivity index (χ1n) is 6.48. The summed E-state index contributed by atoms with van der Waals surface area (Å²) in [5.41, 5.74) is 0.